The number of hydrogen-bond donors (Lipinski definition) is 17. The van der Waals surface area contributed by atoms with Crippen LogP contribution in [-0.4, -0.2) is 296 Å². The van der Waals surface area contributed by atoms with Gasteiger partial charge in [0.15, 0.2) is 18.9 Å². The topological polar surface area (TPSA) is 498 Å². The summed E-state index contributed by atoms with van der Waals surface area (Å²) in [6, 6.07) is -3.16. The van der Waals surface area contributed by atoms with Crippen molar-refractivity contribution in [3.05, 3.63) is 0 Å². The number of carbonyl (C=O) groups is 8. The normalized spacial score (nSPS) is 25.0. The van der Waals surface area contributed by atoms with Gasteiger partial charge in [-0.1, -0.05) is 78.1 Å². The van der Waals surface area contributed by atoms with Gasteiger partial charge in [-0.25, -0.2) is 0 Å². The first-order valence-electron chi connectivity index (χ1n) is 37.0. The number of nitrogens with one attached hydrogen (secondary N) is 8. The number of ether oxygens (including phenoxy) is 9. The van der Waals surface area contributed by atoms with E-state index in [2.05, 4.69) is 56.4 Å². The van der Waals surface area contributed by atoms with Crippen molar-refractivity contribution < 1.29 is 127 Å². The molecule has 598 valence electrons. The Bertz CT molecular complexity index is 2190. The first-order valence-corrected chi connectivity index (χ1v) is 37.0. The van der Waals surface area contributed by atoms with Crippen LogP contribution in [0.15, 0.2) is 0 Å². The molecule has 0 aromatic rings. The SMILES string of the molecule is CC(=O)N[C@H]1[C@H](OCCCCCCNC(=O)CCOCC(COCCC(=O)NCCCCCCO[C@@H]2O[C@H](CO)[C@H](O)[C@H](O)[C@H]2NC(C)=O)(COCCC(=O)NCCCCCCO[C@@H]2O[C@H](CO)[C@H](O)[C@H](O)[C@H]2NC(C)=O)NC(=O)CCCC(=O)NCCCCCCC(C)C)O[C@H](CO)[C@H](O)[C@@H]1O. The average Bonchev–Trinajstić information content (AvgIpc) is 0.829. The zero-order valence-electron chi connectivity index (χ0n) is 61.3. The molecule has 0 spiro atoms. The molecule has 3 heterocycles. The summed E-state index contributed by atoms with van der Waals surface area (Å²) in [5.74, 6) is -2.31. The van der Waals surface area contributed by atoms with Crippen LogP contribution in [0, 0.1) is 5.92 Å². The van der Waals surface area contributed by atoms with Crippen LogP contribution in [0.4, 0.5) is 0 Å². The van der Waals surface area contributed by atoms with Gasteiger partial charge >= 0.3 is 0 Å². The summed E-state index contributed by atoms with van der Waals surface area (Å²) in [6.07, 6.45) is -2.14. The van der Waals surface area contributed by atoms with Crippen LogP contribution in [0.25, 0.3) is 0 Å². The summed E-state index contributed by atoms with van der Waals surface area (Å²) >= 11 is 0. The number of unbranched alkanes of at least 4 members (excludes halogenated alkanes) is 12. The monoisotopic (exact) mass is 1480 g/mol. The lowest BCUT2D eigenvalue weighted by Gasteiger charge is -2.42. The molecule has 0 aliphatic carbocycles. The second kappa shape index (κ2) is 53.8. The molecule has 103 heavy (non-hydrogen) atoms. The van der Waals surface area contributed by atoms with E-state index in [-0.39, 0.29) is 122 Å². The number of aliphatic hydroxyl groups is 9. The Hall–Kier alpha value is -4.96. The fraction of sp³-hybridized carbons (Fsp3) is 0.884. The fourth-order valence-electron chi connectivity index (χ4n) is 11.8. The molecule has 34 nitrogen and oxygen atoms in total. The van der Waals surface area contributed by atoms with E-state index in [0.29, 0.717) is 109 Å². The van der Waals surface area contributed by atoms with Crippen molar-refractivity contribution in [1.82, 2.24) is 42.5 Å². The Morgan fingerprint density at radius 2 is 0.641 bits per heavy atom. The van der Waals surface area contributed by atoms with E-state index in [1.807, 2.05) is 0 Å². The minimum Gasteiger partial charge on any atom is -0.394 e. The van der Waals surface area contributed by atoms with Gasteiger partial charge in [0, 0.05) is 98.9 Å². The number of hydrogen-bond acceptors (Lipinski definition) is 26. The summed E-state index contributed by atoms with van der Waals surface area (Å²) in [5.41, 5.74) is -1.42. The second-order valence-corrected chi connectivity index (χ2v) is 27.2. The molecule has 0 bridgehead atoms. The third kappa shape index (κ3) is 38.4. The van der Waals surface area contributed by atoms with E-state index in [9.17, 15) is 84.3 Å². The van der Waals surface area contributed by atoms with Crippen molar-refractivity contribution in [3.63, 3.8) is 0 Å². The highest BCUT2D eigenvalue weighted by atomic mass is 16.7. The molecule has 15 atom stereocenters. The fourth-order valence-corrected chi connectivity index (χ4v) is 11.8. The van der Waals surface area contributed by atoms with Crippen LogP contribution in [-0.2, 0) is 81.0 Å². The summed E-state index contributed by atoms with van der Waals surface area (Å²) in [5, 5.41) is 113. The Kier molecular flexibility index (Phi) is 48.1. The van der Waals surface area contributed by atoms with E-state index in [0.717, 1.165) is 32.1 Å². The van der Waals surface area contributed by atoms with Crippen molar-refractivity contribution in [1.29, 1.82) is 0 Å². The maximum absolute atomic E-state index is 13.9. The largest absolute Gasteiger partial charge is 0.394 e. The number of aliphatic hydroxyl groups excluding tert-OH is 9. The summed E-state index contributed by atoms with van der Waals surface area (Å²) < 4.78 is 52.5. The molecular formula is C69H126N8O26. The first-order chi connectivity index (χ1) is 49.3. The molecular weight excluding hydrogens is 1360 g/mol. The molecule has 8 amide bonds. The third-order valence-electron chi connectivity index (χ3n) is 17.6. The number of amides is 8. The molecule has 0 aromatic heterocycles. The Balaban J connectivity index is 1.59. The van der Waals surface area contributed by atoms with Crippen LogP contribution in [0.2, 0.25) is 0 Å². The Morgan fingerprint density at radius 1 is 0.359 bits per heavy atom. The van der Waals surface area contributed by atoms with Crippen LogP contribution in [0.3, 0.4) is 0 Å². The van der Waals surface area contributed by atoms with Crippen molar-refractivity contribution in [2.24, 2.45) is 5.92 Å². The lowest BCUT2D eigenvalue weighted by Crippen LogP contribution is -2.64. The van der Waals surface area contributed by atoms with E-state index in [1.54, 1.807) is 0 Å². The van der Waals surface area contributed by atoms with Gasteiger partial charge in [0.1, 0.15) is 78.6 Å². The second-order valence-electron chi connectivity index (χ2n) is 27.2. The molecule has 3 rings (SSSR count). The van der Waals surface area contributed by atoms with Gasteiger partial charge in [0.2, 0.25) is 47.3 Å². The highest BCUT2D eigenvalue weighted by Gasteiger charge is 2.48. The van der Waals surface area contributed by atoms with Crippen molar-refractivity contribution in [2.75, 3.05) is 105 Å². The summed E-state index contributed by atoms with van der Waals surface area (Å²) in [4.78, 5) is 101. The highest BCUT2D eigenvalue weighted by Crippen LogP contribution is 2.26. The molecule has 0 aromatic carbocycles. The zero-order chi connectivity index (χ0) is 76.0. The number of rotatable bonds is 57. The predicted molar refractivity (Wildman–Crippen MR) is 370 cm³/mol. The van der Waals surface area contributed by atoms with Crippen molar-refractivity contribution >= 4 is 47.3 Å². The van der Waals surface area contributed by atoms with E-state index >= 15 is 0 Å². The van der Waals surface area contributed by atoms with Crippen molar-refractivity contribution in [3.8, 4) is 0 Å². The lowest BCUT2D eigenvalue weighted by molar-refractivity contribution is -0.270. The van der Waals surface area contributed by atoms with Gasteiger partial charge in [-0.3, -0.25) is 38.4 Å². The van der Waals surface area contributed by atoms with Gasteiger partial charge in [0.25, 0.3) is 0 Å². The van der Waals surface area contributed by atoms with Gasteiger partial charge < -0.3 is 131 Å². The molecule has 3 aliphatic rings. The highest BCUT2D eigenvalue weighted by molar-refractivity contribution is 5.80. The van der Waals surface area contributed by atoms with Crippen molar-refractivity contribution in [2.45, 2.75) is 280 Å². The average molecular weight is 1480 g/mol. The van der Waals surface area contributed by atoms with E-state index in [1.165, 1.54) is 20.8 Å². The van der Waals surface area contributed by atoms with Crippen LogP contribution in [0.1, 0.15) is 182 Å². The quantitative estimate of drug-likeness (QED) is 0.0289. The zero-order valence-corrected chi connectivity index (χ0v) is 61.3. The predicted octanol–water partition coefficient (Wildman–Crippen LogP) is -2.13. The Labute approximate surface area is 605 Å². The minimum atomic E-state index is -1.43. The maximum atomic E-state index is 13.9. The van der Waals surface area contributed by atoms with Gasteiger partial charge in [0.05, 0.1) is 59.5 Å². The van der Waals surface area contributed by atoms with Gasteiger partial charge in [-0.2, -0.15) is 0 Å². The molecule has 34 heteroatoms. The summed E-state index contributed by atoms with van der Waals surface area (Å²) in [6.45, 7) is 7.63. The maximum Gasteiger partial charge on any atom is 0.222 e. The molecule has 3 saturated heterocycles. The van der Waals surface area contributed by atoms with E-state index < -0.39 is 141 Å². The third-order valence-corrected chi connectivity index (χ3v) is 17.6. The van der Waals surface area contributed by atoms with E-state index in [4.69, 9.17) is 42.6 Å². The van der Waals surface area contributed by atoms with Gasteiger partial charge in [-0.15, -0.1) is 0 Å². The molecule has 0 saturated carbocycles. The van der Waals surface area contributed by atoms with Crippen LogP contribution >= 0.6 is 0 Å². The molecule has 0 radical (unpaired) electrons. The smallest absolute Gasteiger partial charge is 0.222 e. The Morgan fingerprint density at radius 3 is 0.932 bits per heavy atom. The molecule has 0 unspecified atom stereocenters. The summed E-state index contributed by atoms with van der Waals surface area (Å²) in [7, 11) is 0. The number of carbonyl (C=O) groups excluding carboxylic acids is 8. The van der Waals surface area contributed by atoms with Crippen LogP contribution < -0.4 is 42.5 Å². The van der Waals surface area contributed by atoms with Gasteiger partial charge in [-0.05, 0) is 57.3 Å². The molecule has 3 aliphatic heterocycles. The lowest BCUT2D eigenvalue weighted by atomic mass is 9.97. The molecule has 17 N–H and O–H groups in total. The standard InChI is InChI=1S/C69H126N8O26/c1-45(2)23-14-6-7-15-29-70-52(84)24-22-25-56(88)77-69(42-95-36-26-53(85)71-30-16-8-11-19-33-98-66-57(74-46(3)81)63(92)60(89)49(39-78)101-66,43-96-37-27-54(86)72-31-17-9-12-20-34-99-67-58(75-47(4)82)64(93)61(90)50(40-79)102-67)44-97-38-28-55(87)73-32-18-10-13-21-35-100-68-59(76-48(5)83)65(94)62(91)51(41-80)103-68/h45,49-51,57-68,78-80,89-94H,6-44H2,1-5H3,(H,70,84)(H,71,85)(H,72,86)(H,73,87)(H,74,81)(H,75,82)(H,76,83)(H,77,88)/t49-,50-,51-,57-,58-,59-,60+,61+,62+,63-,64-,65-,66-,67-,68-/m1/s1. The van der Waals surface area contributed by atoms with Crippen LogP contribution in [0.5, 0.6) is 0 Å². The first kappa shape index (κ1) is 92.2. The minimum absolute atomic E-state index is 0.0543. The molecule has 3 fully saturated rings.